The fourth-order valence-electron chi connectivity index (χ4n) is 1.61. The van der Waals surface area contributed by atoms with Crippen molar-refractivity contribution in [1.29, 1.82) is 0 Å². The zero-order chi connectivity index (χ0) is 13.7. The number of primary amides is 1. The summed E-state index contributed by atoms with van der Waals surface area (Å²) in [7, 11) is 0. The number of pyridine rings is 1. The van der Waals surface area contributed by atoms with Crippen LogP contribution < -0.4 is 10.3 Å². The van der Waals surface area contributed by atoms with E-state index < -0.39 is 5.91 Å². The Labute approximate surface area is 121 Å². The first-order chi connectivity index (χ1) is 9.15. The number of benzene rings is 1. The Morgan fingerprint density at radius 2 is 2.00 bits per heavy atom. The molecule has 0 fully saturated rings. The molecule has 98 valence electrons. The van der Waals surface area contributed by atoms with Gasteiger partial charge in [-0.15, -0.1) is 11.8 Å². The van der Waals surface area contributed by atoms with Crippen LogP contribution in [0.3, 0.4) is 0 Å². The van der Waals surface area contributed by atoms with Gasteiger partial charge in [0.1, 0.15) is 5.56 Å². The first-order valence-electron chi connectivity index (χ1n) is 5.82. The van der Waals surface area contributed by atoms with Crippen molar-refractivity contribution in [2.24, 2.45) is 5.73 Å². The summed E-state index contributed by atoms with van der Waals surface area (Å²) in [6.45, 7) is 0.814. The summed E-state index contributed by atoms with van der Waals surface area (Å²) in [5, 5.41) is 0.743. The molecule has 3 nitrogen and oxygen atoms in total. The molecule has 2 rings (SSSR count). The van der Waals surface area contributed by atoms with Gasteiger partial charge < -0.3 is 5.73 Å². The molecule has 1 heterocycles. The maximum atomic E-state index is 11.1. The molecular weight excluding hydrogens is 280 g/mol. The number of amides is 1. The molecule has 0 aliphatic rings. The van der Waals surface area contributed by atoms with E-state index >= 15 is 0 Å². The van der Waals surface area contributed by atoms with Gasteiger partial charge in [-0.05, 0) is 30.3 Å². The van der Waals surface area contributed by atoms with Crippen LogP contribution in [-0.4, -0.2) is 11.7 Å². The third-order valence-corrected chi connectivity index (χ3v) is 3.82. The maximum absolute atomic E-state index is 11.1. The van der Waals surface area contributed by atoms with Crippen molar-refractivity contribution in [3.63, 3.8) is 0 Å². The van der Waals surface area contributed by atoms with Gasteiger partial charge in [0, 0.05) is 16.0 Å². The van der Waals surface area contributed by atoms with E-state index in [2.05, 4.69) is 0 Å². The highest BCUT2D eigenvalue weighted by atomic mass is 35.5. The van der Waals surface area contributed by atoms with E-state index in [1.54, 1.807) is 24.0 Å². The van der Waals surface area contributed by atoms with E-state index in [0.717, 1.165) is 17.3 Å². The van der Waals surface area contributed by atoms with Crippen LogP contribution in [0.1, 0.15) is 10.4 Å². The van der Waals surface area contributed by atoms with E-state index in [9.17, 15) is 4.79 Å². The van der Waals surface area contributed by atoms with Crippen LogP contribution in [0.15, 0.2) is 53.7 Å². The second-order valence-corrected chi connectivity index (χ2v) is 5.60. The molecule has 0 saturated heterocycles. The third-order valence-electron chi connectivity index (χ3n) is 2.57. The third kappa shape index (κ3) is 4.26. The molecule has 19 heavy (non-hydrogen) atoms. The van der Waals surface area contributed by atoms with Crippen LogP contribution in [0.4, 0.5) is 0 Å². The predicted octanol–water partition coefficient (Wildman–Crippen LogP) is 2.52. The summed E-state index contributed by atoms with van der Waals surface area (Å²) >= 11 is 7.57. The number of aromatic nitrogens is 1. The highest BCUT2D eigenvalue weighted by Crippen LogP contribution is 2.19. The highest BCUT2D eigenvalue weighted by molar-refractivity contribution is 7.99. The molecule has 1 amide bonds. The quantitative estimate of drug-likeness (QED) is 0.680. The van der Waals surface area contributed by atoms with Crippen molar-refractivity contribution in [1.82, 2.24) is 0 Å². The number of nitrogens with two attached hydrogens (primary N) is 1. The van der Waals surface area contributed by atoms with Crippen molar-refractivity contribution in [3.05, 3.63) is 59.4 Å². The van der Waals surface area contributed by atoms with Gasteiger partial charge in [-0.2, -0.15) is 0 Å². The fraction of sp³-hybridized carbons (Fsp3) is 0.143. The van der Waals surface area contributed by atoms with E-state index in [0.29, 0.717) is 5.56 Å². The first-order valence-corrected chi connectivity index (χ1v) is 7.19. The lowest BCUT2D eigenvalue weighted by atomic mass is 10.3. The summed E-state index contributed by atoms with van der Waals surface area (Å²) in [4.78, 5) is 12.2. The van der Waals surface area contributed by atoms with Gasteiger partial charge in [0.05, 0.1) is 5.75 Å². The lowest BCUT2D eigenvalue weighted by molar-refractivity contribution is -0.692. The van der Waals surface area contributed by atoms with Crippen LogP contribution in [0, 0.1) is 0 Å². The van der Waals surface area contributed by atoms with Crippen molar-refractivity contribution in [3.8, 4) is 0 Å². The molecule has 1 aromatic heterocycles. The maximum Gasteiger partial charge on any atom is 0.254 e. The number of thioether (sulfide) groups is 1. The SMILES string of the molecule is NC(=O)c1ccc[n+](CCSc2ccc(Cl)cc2)c1. The summed E-state index contributed by atoms with van der Waals surface area (Å²) in [6, 6.07) is 11.3. The van der Waals surface area contributed by atoms with Crippen LogP contribution in [-0.2, 0) is 6.54 Å². The number of nitrogens with zero attached hydrogens (tertiary/aromatic N) is 1. The Balaban J connectivity index is 1.90. The number of hydrogen-bond donors (Lipinski definition) is 1. The Bertz CT molecular complexity index is 572. The van der Waals surface area contributed by atoms with Gasteiger partial charge in [-0.1, -0.05) is 11.6 Å². The fourth-order valence-corrected chi connectivity index (χ4v) is 2.60. The van der Waals surface area contributed by atoms with Crippen LogP contribution in [0.5, 0.6) is 0 Å². The molecule has 2 aromatic rings. The molecule has 0 aliphatic heterocycles. The summed E-state index contributed by atoms with van der Waals surface area (Å²) in [5.74, 6) is 0.508. The van der Waals surface area contributed by atoms with Crippen LogP contribution in [0.2, 0.25) is 5.02 Å². The molecule has 0 saturated carbocycles. The molecule has 0 radical (unpaired) electrons. The van der Waals surface area contributed by atoms with Gasteiger partial charge in [0.15, 0.2) is 18.9 Å². The molecular formula is C14H14ClN2OS+. The smallest absolute Gasteiger partial charge is 0.254 e. The normalized spacial score (nSPS) is 10.4. The van der Waals surface area contributed by atoms with Crippen molar-refractivity contribution in [2.75, 3.05) is 5.75 Å². The monoisotopic (exact) mass is 293 g/mol. The van der Waals surface area contributed by atoms with E-state index in [4.69, 9.17) is 17.3 Å². The van der Waals surface area contributed by atoms with E-state index in [1.807, 2.05) is 41.1 Å². The van der Waals surface area contributed by atoms with E-state index in [-0.39, 0.29) is 0 Å². The largest absolute Gasteiger partial charge is 0.365 e. The molecule has 0 atom stereocenters. The molecule has 5 heteroatoms. The van der Waals surface area contributed by atoms with Crippen molar-refractivity contribution in [2.45, 2.75) is 11.4 Å². The summed E-state index contributed by atoms with van der Waals surface area (Å²) in [5.41, 5.74) is 5.77. The van der Waals surface area contributed by atoms with Gasteiger partial charge >= 0.3 is 0 Å². The number of carbonyl (C=O) groups excluding carboxylic acids is 1. The minimum Gasteiger partial charge on any atom is -0.365 e. The van der Waals surface area contributed by atoms with Crippen molar-refractivity contribution >= 4 is 29.3 Å². The zero-order valence-corrected chi connectivity index (χ0v) is 11.8. The predicted molar refractivity (Wildman–Crippen MR) is 77.3 cm³/mol. The first kappa shape index (κ1) is 13.9. The number of aryl methyl sites for hydroxylation is 1. The Kier molecular flexibility index (Phi) is 4.82. The number of halogens is 1. The molecule has 0 aliphatic carbocycles. The molecule has 0 unspecified atom stereocenters. The Hall–Kier alpha value is -1.52. The Morgan fingerprint density at radius 1 is 1.26 bits per heavy atom. The standard InChI is InChI=1S/C14H13ClN2OS/c15-12-3-5-13(6-4-12)19-9-8-17-7-1-2-11(10-17)14(16)18/h1-7,10H,8-9H2,(H-,16,18)/p+1. The molecule has 0 bridgehead atoms. The second kappa shape index (κ2) is 6.59. The topological polar surface area (TPSA) is 47.0 Å². The average Bonchev–Trinajstić information content (AvgIpc) is 2.41. The number of carbonyl (C=O) groups is 1. The number of hydrogen-bond acceptors (Lipinski definition) is 2. The summed E-state index contributed by atoms with van der Waals surface area (Å²) < 4.78 is 1.96. The molecule has 1 aromatic carbocycles. The highest BCUT2D eigenvalue weighted by Gasteiger charge is 2.07. The second-order valence-electron chi connectivity index (χ2n) is 4.00. The molecule has 2 N–H and O–H groups in total. The Morgan fingerprint density at radius 3 is 2.68 bits per heavy atom. The average molecular weight is 294 g/mol. The lowest BCUT2D eigenvalue weighted by Gasteiger charge is -2.00. The number of rotatable bonds is 5. The van der Waals surface area contributed by atoms with Crippen molar-refractivity contribution < 1.29 is 9.36 Å². The van der Waals surface area contributed by atoms with Gasteiger partial charge in [0.25, 0.3) is 5.91 Å². The van der Waals surface area contributed by atoms with Crippen LogP contribution in [0.25, 0.3) is 0 Å². The minimum absolute atomic E-state index is 0.403. The zero-order valence-electron chi connectivity index (χ0n) is 10.3. The summed E-state index contributed by atoms with van der Waals surface area (Å²) in [6.07, 6.45) is 3.69. The van der Waals surface area contributed by atoms with Gasteiger partial charge in [-0.25, -0.2) is 4.57 Å². The van der Waals surface area contributed by atoms with E-state index in [1.165, 1.54) is 4.90 Å². The van der Waals surface area contributed by atoms with Gasteiger partial charge in [0.2, 0.25) is 0 Å². The lowest BCUT2D eigenvalue weighted by Crippen LogP contribution is -2.35. The minimum atomic E-state index is -0.403. The van der Waals surface area contributed by atoms with Crippen LogP contribution >= 0.6 is 23.4 Å². The molecule has 0 spiro atoms. The van der Waals surface area contributed by atoms with Gasteiger partial charge in [-0.3, -0.25) is 4.79 Å².